The fourth-order valence-corrected chi connectivity index (χ4v) is 2.51. The zero-order chi connectivity index (χ0) is 17.7. The van der Waals surface area contributed by atoms with Crippen LogP contribution in [0.5, 0.6) is 5.75 Å². The van der Waals surface area contributed by atoms with E-state index in [1.165, 1.54) is 6.08 Å². The SMILES string of the molecule is C=CC(=N)Oc1ccc(-c2ccc(N=C(N)C(=C)C)cc2)cc1I. The number of rotatable bonds is 5. The molecule has 0 bridgehead atoms. The minimum Gasteiger partial charge on any atom is -0.439 e. The second-order valence-corrected chi connectivity index (χ2v) is 6.30. The molecule has 0 fully saturated rings. The quantitative estimate of drug-likeness (QED) is 0.395. The van der Waals surface area contributed by atoms with Gasteiger partial charge >= 0.3 is 0 Å². The molecule has 4 nitrogen and oxygen atoms in total. The van der Waals surface area contributed by atoms with E-state index in [2.05, 4.69) is 40.7 Å². The summed E-state index contributed by atoms with van der Waals surface area (Å²) in [6.07, 6.45) is 1.36. The number of amidine groups is 1. The van der Waals surface area contributed by atoms with Gasteiger partial charge in [-0.2, -0.15) is 0 Å². The lowest BCUT2D eigenvalue weighted by molar-refractivity contribution is 0.547. The Morgan fingerprint density at radius 3 is 2.38 bits per heavy atom. The van der Waals surface area contributed by atoms with Crippen molar-refractivity contribution in [2.75, 3.05) is 0 Å². The molecule has 0 aliphatic carbocycles. The Balaban J connectivity index is 2.24. The third-order valence-corrected chi connectivity index (χ3v) is 4.07. The molecule has 0 aliphatic rings. The van der Waals surface area contributed by atoms with Gasteiger partial charge in [0.25, 0.3) is 0 Å². The van der Waals surface area contributed by atoms with E-state index < -0.39 is 0 Å². The minimum absolute atomic E-state index is 0.0259. The maximum Gasteiger partial charge on any atom is 0.211 e. The van der Waals surface area contributed by atoms with Crippen LogP contribution in [0, 0.1) is 8.98 Å². The smallest absolute Gasteiger partial charge is 0.211 e. The number of nitrogens with zero attached hydrogens (tertiary/aromatic N) is 1. The molecule has 0 heterocycles. The van der Waals surface area contributed by atoms with Gasteiger partial charge in [0.05, 0.1) is 9.26 Å². The number of hydrogen-bond donors (Lipinski definition) is 2. The Morgan fingerprint density at radius 2 is 1.83 bits per heavy atom. The van der Waals surface area contributed by atoms with Crippen LogP contribution in [0.15, 0.2) is 72.3 Å². The van der Waals surface area contributed by atoms with Crippen molar-refractivity contribution in [2.24, 2.45) is 10.7 Å². The molecule has 2 rings (SSSR count). The van der Waals surface area contributed by atoms with Gasteiger partial charge in [-0.15, -0.1) is 0 Å². The normalized spacial score (nSPS) is 11.0. The molecule has 0 unspecified atom stereocenters. The summed E-state index contributed by atoms with van der Waals surface area (Å²) >= 11 is 2.19. The molecule has 0 saturated carbocycles. The number of benzene rings is 2. The highest BCUT2D eigenvalue weighted by atomic mass is 127. The molecule has 0 spiro atoms. The van der Waals surface area contributed by atoms with Crippen LogP contribution in [-0.4, -0.2) is 11.7 Å². The first-order valence-electron chi connectivity index (χ1n) is 7.19. The Hall–Kier alpha value is -2.41. The van der Waals surface area contributed by atoms with Gasteiger partial charge in [-0.3, -0.25) is 5.41 Å². The van der Waals surface area contributed by atoms with Gasteiger partial charge in [-0.1, -0.05) is 31.4 Å². The number of ether oxygens (including phenoxy) is 1. The van der Waals surface area contributed by atoms with Crippen LogP contribution >= 0.6 is 22.6 Å². The monoisotopic (exact) mass is 431 g/mol. The van der Waals surface area contributed by atoms with Crippen molar-refractivity contribution < 1.29 is 4.74 Å². The van der Waals surface area contributed by atoms with E-state index in [1.807, 2.05) is 49.4 Å². The molecule has 0 atom stereocenters. The molecule has 0 aliphatic heterocycles. The highest BCUT2D eigenvalue weighted by Gasteiger charge is 2.06. The Kier molecular flexibility index (Phi) is 5.92. The van der Waals surface area contributed by atoms with Crippen LogP contribution in [0.25, 0.3) is 11.1 Å². The molecule has 0 saturated heterocycles. The highest BCUT2D eigenvalue weighted by molar-refractivity contribution is 14.1. The van der Waals surface area contributed by atoms with Crippen LogP contribution in [0.2, 0.25) is 0 Å². The molecule has 0 amide bonds. The van der Waals surface area contributed by atoms with Crippen molar-refractivity contribution in [3.63, 3.8) is 0 Å². The fourth-order valence-electron chi connectivity index (χ4n) is 1.89. The summed E-state index contributed by atoms with van der Waals surface area (Å²) in [5.74, 6) is 1.10. The van der Waals surface area contributed by atoms with Crippen LogP contribution in [0.4, 0.5) is 5.69 Å². The fraction of sp³-hybridized carbons (Fsp3) is 0.0526. The lowest BCUT2D eigenvalue weighted by Crippen LogP contribution is -2.11. The lowest BCUT2D eigenvalue weighted by Gasteiger charge is -2.09. The van der Waals surface area contributed by atoms with Crippen molar-refractivity contribution >= 4 is 40.0 Å². The summed E-state index contributed by atoms with van der Waals surface area (Å²) < 4.78 is 6.31. The van der Waals surface area contributed by atoms with Crippen LogP contribution in [0.3, 0.4) is 0 Å². The van der Waals surface area contributed by atoms with Gasteiger partial charge in [-0.05, 0) is 76.6 Å². The zero-order valence-corrected chi connectivity index (χ0v) is 15.5. The number of aliphatic imine (C=N–C) groups is 1. The first-order chi connectivity index (χ1) is 11.4. The third kappa shape index (κ3) is 4.55. The number of halogens is 1. The molecule has 5 heteroatoms. The second kappa shape index (κ2) is 7.92. The van der Waals surface area contributed by atoms with Crippen LogP contribution in [-0.2, 0) is 0 Å². The van der Waals surface area contributed by atoms with E-state index in [-0.39, 0.29) is 5.90 Å². The topological polar surface area (TPSA) is 71.5 Å². The number of nitrogens with two attached hydrogens (primary N) is 1. The van der Waals surface area contributed by atoms with E-state index in [0.29, 0.717) is 11.6 Å². The zero-order valence-electron chi connectivity index (χ0n) is 13.3. The standard InChI is InChI=1S/C19H18IN3O/c1-4-18(21)24-17-10-7-14(11-16(17)20)13-5-8-15(9-6-13)23-19(22)12(2)3/h4-11,21H,1-2H2,3H3,(H2,22,23). The minimum atomic E-state index is 0.0259. The number of nitrogens with one attached hydrogen (secondary N) is 1. The maximum absolute atomic E-state index is 7.53. The van der Waals surface area contributed by atoms with Gasteiger partial charge in [0.1, 0.15) is 11.6 Å². The Bertz CT molecular complexity index is 823. The van der Waals surface area contributed by atoms with E-state index in [1.54, 1.807) is 0 Å². The first-order valence-corrected chi connectivity index (χ1v) is 8.27. The molecule has 24 heavy (non-hydrogen) atoms. The lowest BCUT2D eigenvalue weighted by atomic mass is 10.1. The summed E-state index contributed by atoms with van der Waals surface area (Å²) in [5.41, 5.74) is 9.44. The highest BCUT2D eigenvalue weighted by Crippen LogP contribution is 2.29. The largest absolute Gasteiger partial charge is 0.439 e. The van der Waals surface area contributed by atoms with Crippen molar-refractivity contribution in [3.8, 4) is 16.9 Å². The first kappa shape index (κ1) is 17.9. The van der Waals surface area contributed by atoms with Crippen molar-refractivity contribution in [2.45, 2.75) is 6.92 Å². The van der Waals surface area contributed by atoms with Crippen molar-refractivity contribution in [1.82, 2.24) is 0 Å². The number of hydrogen-bond acceptors (Lipinski definition) is 3. The summed E-state index contributed by atoms with van der Waals surface area (Å²) in [5, 5.41) is 7.53. The van der Waals surface area contributed by atoms with Crippen LogP contribution in [0.1, 0.15) is 6.92 Å². The third-order valence-electron chi connectivity index (χ3n) is 3.22. The molecule has 2 aromatic rings. The van der Waals surface area contributed by atoms with Crippen molar-refractivity contribution in [1.29, 1.82) is 5.41 Å². The van der Waals surface area contributed by atoms with E-state index in [9.17, 15) is 0 Å². The second-order valence-electron chi connectivity index (χ2n) is 5.14. The summed E-state index contributed by atoms with van der Waals surface area (Å²) in [6, 6.07) is 13.6. The van der Waals surface area contributed by atoms with Crippen LogP contribution < -0.4 is 10.5 Å². The molecule has 122 valence electrons. The Labute approximate surface area is 155 Å². The van der Waals surface area contributed by atoms with Gasteiger partial charge in [0.2, 0.25) is 5.90 Å². The van der Waals surface area contributed by atoms with Gasteiger partial charge in [0.15, 0.2) is 0 Å². The molecule has 0 aromatic heterocycles. The Morgan fingerprint density at radius 1 is 1.21 bits per heavy atom. The average Bonchev–Trinajstić information content (AvgIpc) is 2.57. The summed E-state index contributed by atoms with van der Waals surface area (Å²) in [6.45, 7) is 9.11. The van der Waals surface area contributed by atoms with E-state index in [0.717, 1.165) is 26.0 Å². The van der Waals surface area contributed by atoms with Gasteiger partial charge in [0, 0.05) is 0 Å². The predicted molar refractivity (Wildman–Crippen MR) is 109 cm³/mol. The molecular formula is C19H18IN3O. The maximum atomic E-state index is 7.53. The summed E-state index contributed by atoms with van der Waals surface area (Å²) in [4.78, 5) is 4.31. The molecule has 2 aromatic carbocycles. The average molecular weight is 431 g/mol. The van der Waals surface area contributed by atoms with Crippen molar-refractivity contribution in [3.05, 3.63) is 70.8 Å². The molecule has 0 radical (unpaired) electrons. The van der Waals surface area contributed by atoms with Gasteiger partial charge < -0.3 is 10.5 Å². The van der Waals surface area contributed by atoms with Gasteiger partial charge in [-0.25, -0.2) is 4.99 Å². The summed E-state index contributed by atoms with van der Waals surface area (Å²) in [7, 11) is 0. The van der Waals surface area contributed by atoms with E-state index in [4.69, 9.17) is 15.9 Å². The predicted octanol–water partition coefficient (Wildman–Crippen LogP) is 5.07. The molecular weight excluding hydrogens is 413 g/mol. The molecule has 3 N–H and O–H groups in total. The van der Waals surface area contributed by atoms with E-state index >= 15 is 0 Å².